The fourth-order valence-corrected chi connectivity index (χ4v) is 3.57. The van der Waals surface area contributed by atoms with Gasteiger partial charge < -0.3 is 10.1 Å². The molecule has 20 heavy (non-hydrogen) atoms. The Morgan fingerprint density at radius 1 is 1.30 bits per heavy atom. The summed E-state index contributed by atoms with van der Waals surface area (Å²) >= 11 is 1.83. The first kappa shape index (κ1) is 12.4. The number of benzene rings is 1. The average molecular weight is 286 g/mol. The Kier molecular flexibility index (Phi) is 3.20. The molecule has 3 nitrogen and oxygen atoms in total. The molecule has 4 rings (SSSR count). The number of rotatable bonds is 4. The van der Waals surface area contributed by atoms with Crippen LogP contribution in [0.2, 0.25) is 0 Å². The van der Waals surface area contributed by atoms with E-state index in [2.05, 4.69) is 28.5 Å². The molecular formula is C16H18N2OS. The second-order valence-corrected chi connectivity index (χ2v) is 6.79. The molecule has 0 bridgehead atoms. The van der Waals surface area contributed by atoms with Crippen molar-refractivity contribution in [2.45, 2.75) is 37.8 Å². The minimum absolute atomic E-state index is 0.407. The van der Waals surface area contributed by atoms with Crippen LogP contribution >= 0.6 is 11.3 Å². The summed E-state index contributed by atoms with van der Waals surface area (Å²) in [5, 5.41) is 4.76. The molecule has 1 N–H and O–H groups in total. The maximum absolute atomic E-state index is 5.86. The number of nitrogens with one attached hydrogen (secondary N) is 1. The molecule has 2 heterocycles. The Labute approximate surface area is 123 Å². The van der Waals surface area contributed by atoms with E-state index in [9.17, 15) is 0 Å². The van der Waals surface area contributed by atoms with E-state index in [1.54, 1.807) is 0 Å². The van der Waals surface area contributed by atoms with Gasteiger partial charge in [-0.05, 0) is 30.9 Å². The van der Waals surface area contributed by atoms with Gasteiger partial charge in [0.25, 0.3) is 0 Å². The van der Waals surface area contributed by atoms with Gasteiger partial charge >= 0.3 is 0 Å². The number of hydrogen-bond donors (Lipinski definition) is 1. The van der Waals surface area contributed by atoms with E-state index in [1.165, 1.54) is 28.3 Å². The van der Waals surface area contributed by atoms with E-state index >= 15 is 0 Å². The molecule has 1 aromatic carbocycles. The molecule has 2 aliphatic rings. The SMILES string of the molecule is c1ccc2c(c1)CC(c1ncc(CNC3CC3)s1)CO2. The van der Waals surface area contributed by atoms with Crippen LogP contribution in [0.4, 0.5) is 0 Å². The molecule has 104 valence electrons. The number of hydrogen-bond acceptors (Lipinski definition) is 4. The van der Waals surface area contributed by atoms with Crippen molar-refractivity contribution in [1.29, 1.82) is 0 Å². The maximum atomic E-state index is 5.86. The summed E-state index contributed by atoms with van der Waals surface area (Å²) in [6.45, 7) is 1.71. The summed E-state index contributed by atoms with van der Waals surface area (Å²) in [5.41, 5.74) is 1.30. The largest absolute Gasteiger partial charge is 0.493 e. The van der Waals surface area contributed by atoms with Crippen LogP contribution in [0.3, 0.4) is 0 Å². The van der Waals surface area contributed by atoms with Crippen molar-refractivity contribution < 1.29 is 4.74 Å². The highest BCUT2D eigenvalue weighted by Crippen LogP contribution is 2.33. The Bertz CT molecular complexity index is 606. The van der Waals surface area contributed by atoms with Crippen molar-refractivity contribution >= 4 is 11.3 Å². The number of ether oxygens (including phenoxy) is 1. The van der Waals surface area contributed by atoms with E-state index in [0.29, 0.717) is 5.92 Å². The molecule has 0 radical (unpaired) electrons. The minimum Gasteiger partial charge on any atom is -0.493 e. The number of fused-ring (bicyclic) bond motifs is 1. The zero-order valence-electron chi connectivity index (χ0n) is 11.3. The van der Waals surface area contributed by atoms with Crippen LogP contribution in [0.5, 0.6) is 5.75 Å². The molecule has 1 unspecified atom stereocenters. The number of para-hydroxylation sites is 1. The van der Waals surface area contributed by atoms with Crippen molar-refractivity contribution in [2.24, 2.45) is 0 Å². The highest BCUT2D eigenvalue weighted by Gasteiger charge is 2.24. The lowest BCUT2D eigenvalue weighted by Gasteiger charge is -2.23. The first-order valence-electron chi connectivity index (χ1n) is 7.27. The topological polar surface area (TPSA) is 34.2 Å². The molecular weight excluding hydrogens is 268 g/mol. The summed E-state index contributed by atoms with van der Waals surface area (Å²) < 4.78 is 5.86. The van der Waals surface area contributed by atoms with Gasteiger partial charge in [0.15, 0.2) is 0 Å². The van der Waals surface area contributed by atoms with Crippen LogP contribution in [0.15, 0.2) is 30.5 Å². The molecule has 1 aliphatic heterocycles. The monoisotopic (exact) mass is 286 g/mol. The van der Waals surface area contributed by atoms with Gasteiger partial charge in [0, 0.05) is 29.6 Å². The highest BCUT2D eigenvalue weighted by atomic mass is 32.1. The minimum atomic E-state index is 0.407. The lowest BCUT2D eigenvalue weighted by molar-refractivity contribution is 0.262. The highest BCUT2D eigenvalue weighted by molar-refractivity contribution is 7.11. The van der Waals surface area contributed by atoms with Crippen molar-refractivity contribution in [3.8, 4) is 5.75 Å². The van der Waals surface area contributed by atoms with Gasteiger partial charge in [-0.1, -0.05) is 18.2 Å². The fraction of sp³-hybridized carbons (Fsp3) is 0.438. The fourth-order valence-electron chi connectivity index (χ4n) is 2.61. The van der Waals surface area contributed by atoms with Gasteiger partial charge in [-0.2, -0.15) is 0 Å². The van der Waals surface area contributed by atoms with E-state index in [0.717, 1.165) is 31.4 Å². The summed E-state index contributed by atoms with van der Waals surface area (Å²) in [6, 6.07) is 9.08. The van der Waals surface area contributed by atoms with Gasteiger partial charge in [0.1, 0.15) is 5.75 Å². The van der Waals surface area contributed by atoms with Crippen molar-refractivity contribution in [2.75, 3.05) is 6.61 Å². The zero-order chi connectivity index (χ0) is 13.4. The first-order valence-corrected chi connectivity index (χ1v) is 8.09. The second kappa shape index (κ2) is 5.19. The molecule has 1 aromatic heterocycles. The van der Waals surface area contributed by atoms with Crippen molar-refractivity contribution in [3.63, 3.8) is 0 Å². The average Bonchev–Trinajstić information content (AvgIpc) is 3.21. The molecule has 0 spiro atoms. The predicted molar refractivity (Wildman–Crippen MR) is 80.4 cm³/mol. The lowest BCUT2D eigenvalue weighted by Crippen LogP contribution is -2.18. The third-order valence-corrected chi connectivity index (χ3v) is 5.10. The molecule has 1 atom stereocenters. The molecule has 2 aromatic rings. The summed E-state index contributed by atoms with van der Waals surface area (Å²) in [5.74, 6) is 1.44. The molecule has 4 heteroatoms. The summed E-state index contributed by atoms with van der Waals surface area (Å²) in [6.07, 6.45) is 5.73. The van der Waals surface area contributed by atoms with Gasteiger partial charge in [0.05, 0.1) is 11.6 Å². The molecule has 1 fully saturated rings. The van der Waals surface area contributed by atoms with Crippen molar-refractivity contribution in [3.05, 3.63) is 45.9 Å². The number of thiazole rings is 1. The standard InChI is InChI=1S/C16H18N2OS/c1-2-4-15-11(3-1)7-12(10-19-15)16-18-9-14(20-16)8-17-13-5-6-13/h1-4,9,12-13,17H,5-8,10H2. The third kappa shape index (κ3) is 2.58. The Morgan fingerprint density at radius 2 is 2.20 bits per heavy atom. The smallest absolute Gasteiger partial charge is 0.122 e. The van der Waals surface area contributed by atoms with Gasteiger partial charge in [-0.15, -0.1) is 11.3 Å². The van der Waals surface area contributed by atoms with E-state index in [4.69, 9.17) is 4.74 Å². The van der Waals surface area contributed by atoms with Gasteiger partial charge in [-0.25, -0.2) is 4.98 Å². The van der Waals surface area contributed by atoms with Crippen LogP contribution in [-0.2, 0) is 13.0 Å². The number of nitrogens with zero attached hydrogens (tertiary/aromatic N) is 1. The molecule has 0 amide bonds. The number of aromatic nitrogens is 1. The Hall–Kier alpha value is -1.39. The van der Waals surface area contributed by atoms with Crippen molar-refractivity contribution in [1.82, 2.24) is 10.3 Å². The van der Waals surface area contributed by atoms with E-state index in [1.807, 2.05) is 23.6 Å². The lowest BCUT2D eigenvalue weighted by atomic mass is 9.97. The van der Waals surface area contributed by atoms with E-state index in [-0.39, 0.29) is 0 Å². The van der Waals surface area contributed by atoms with E-state index < -0.39 is 0 Å². The van der Waals surface area contributed by atoms with Crippen LogP contribution in [0.25, 0.3) is 0 Å². The Balaban J connectivity index is 1.45. The predicted octanol–water partition coefficient (Wildman–Crippen LogP) is 3.11. The van der Waals surface area contributed by atoms with Gasteiger partial charge in [-0.3, -0.25) is 0 Å². The molecule has 1 saturated carbocycles. The summed E-state index contributed by atoms with van der Waals surface area (Å²) in [7, 11) is 0. The normalized spacial score (nSPS) is 21.3. The second-order valence-electron chi connectivity index (χ2n) is 5.64. The molecule has 0 saturated heterocycles. The zero-order valence-corrected chi connectivity index (χ0v) is 12.2. The third-order valence-electron chi connectivity index (χ3n) is 3.94. The summed E-state index contributed by atoms with van der Waals surface area (Å²) in [4.78, 5) is 5.95. The van der Waals surface area contributed by atoms with Crippen LogP contribution in [0, 0.1) is 0 Å². The van der Waals surface area contributed by atoms with Crippen LogP contribution in [-0.4, -0.2) is 17.6 Å². The Morgan fingerprint density at radius 3 is 3.10 bits per heavy atom. The molecule has 1 aliphatic carbocycles. The van der Waals surface area contributed by atoms with Gasteiger partial charge in [0.2, 0.25) is 0 Å². The van der Waals surface area contributed by atoms with Crippen LogP contribution in [0.1, 0.15) is 34.2 Å². The first-order chi connectivity index (χ1) is 9.88. The maximum Gasteiger partial charge on any atom is 0.122 e. The quantitative estimate of drug-likeness (QED) is 0.937. The van der Waals surface area contributed by atoms with Crippen LogP contribution < -0.4 is 10.1 Å².